The predicted molar refractivity (Wildman–Crippen MR) is 62.9 cm³/mol. The Hall–Kier alpha value is -0.960. The van der Waals surface area contributed by atoms with Crippen LogP contribution >= 0.6 is 0 Å². The highest BCUT2D eigenvalue weighted by Gasteiger charge is 2.53. The minimum Gasteiger partial charge on any atom is -0.298 e. The van der Waals surface area contributed by atoms with Gasteiger partial charge in [0.15, 0.2) is 0 Å². The fourth-order valence-corrected chi connectivity index (χ4v) is 3.27. The number of halogens is 2. The fourth-order valence-electron chi connectivity index (χ4n) is 3.27. The van der Waals surface area contributed by atoms with Gasteiger partial charge in [-0.05, 0) is 17.9 Å². The zero-order valence-corrected chi connectivity index (χ0v) is 9.78. The summed E-state index contributed by atoms with van der Waals surface area (Å²) in [6.07, 6.45) is 0.796. The van der Waals surface area contributed by atoms with Crippen LogP contribution < -0.4 is 0 Å². The molecule has 1 aliphatic carbocycles. The highest BCUT2D eigenvalue weighted by molar-refractivity contribution is 5.15. The van der Waals surface area contributed by atoms with Crippen LogP contribution in [0.3, 0.4) is 0 Å². The number of likely N-dealkylation sites (tertiary alicyclic amines) is 1. The molecule has 0 aromatic heterocycles. The molecule has 0 N–H and O–H groups in total. The molecule has 3 heteroatoms. The van der Waals surface area contributed by atoms with Crippen LogP contribution in [0.4, 0.5) is 8.78 Å². The Morgan fingerprint density at radius 3 is 2.65 bits per heavy atom. The Morgan fingerprint density at radius 1 is 1.18 bits per heavy atom. The van der Waals surface area contributed by atoms with Gasteiger partial charge >= 0.3 is 0 Å². The van der Waals surface area contributed by atoms with Gasteiger partial charge in [-0.25, -0.2) is 8.78 Å². The van der Waals surface area contributed by atoms with Gasteiger partial charge in [-0.15, -0.1) is 0 Å². The van der Waals surface area contributed by atoms with Gasteiger partial charge in [0.25, 0.3) is 5.92 Å². The fraction of sp³-hybridized carbons (Fsp3) is 0.571. The molecule has 1 aromatic rings. The molecule has 1 aliphatic heterocycles. The van der Waals surface area contributed by atoms with Gasteiger partial charge in [0.1, 0.15) is 0 Å². The largest absolute Gasteiger partial charge is 0.298 e. The van der Waals surface area contributed by atoms with E-state index in [9.17, 15) is 8.78 Å². The number of rotatable bonds is 2. The molecule has 2 fully saturated rings. The molecule has 3 rings (SSSR count). The molecule has 0 bridgehead atoms. The summed E-state index contributed by atoms with van der Waals surface area (Å²) in [4.78, 5) is 2.18. The lowest BCUT2D eigenvalue weighted by atomic mass is 9.99. The zero-order chi connectivity index (χ0) is 11.9. The van der Waals surface area contributed by atoms with Crippen LogP contribution in [0.5, 0.6) is 0 Å². The van der Waals surface area contributed by atoms with Gasteiger partial charge in [-0.2, -0.15) is 0 Å². The van der Waals surface area contributed by atoms with Crippen molar-refractivity contribution < 1.29 is 8.78 Å². The first kappa shape index (κ1) is 11.1. The molecule has 2 atom stereocenters. The van der Waals surface area contributed by atoms with Gasteiger partial charge in [-0.3, -0.25) is 4.90 Å². The van der Waals surface area contributed by atoms with Crippen LogP contribution in [0.15, 0.2) is 30.3 Å². The molecule has 92 valence electrons. The predicted octanol–water partition coefficient (Wildman–Crippen LogP) is 3.16. The SMILES string of the molecule is FC1(F)CC[C@@H]2CN(Cc3ccccc3)C[C@@H]21. The van der Waals surface area contributed by atoms with Crippen molar-refractivity contribution in [3.63, 3.8) is 0 Å². The third kappa shape index (κ3) is 2.08. The summed E-state index contributed by atoms with van der Waals surface area (Å²) in [5.74, 6) is -2.60. The van der Waals surface area contributed by atoms with Gasteiger partial charge < -0.3 is 0 Å². The van der Waals surface area contributed by atoms with Crippen molar-refractivity contribution >= 4 is 0 Å². The van der Waals surface area contributed by atoms with E-state index in [1.807, 2.05) is 18.2 Å². The molecular weight excluding hydrogens is 220 g/mol. The summed E-state index contributed by atoms with van der Waals surface area (Å²) in [6, 6.07) is 10.1. The second-order valence-corrected chi connectivity index (χ2v) is 5.35. The van der Waals surface area contributed by atoms with Crippen molar-refractivity contribution in [2.75, 3.05) is 13.1 Å². The van der Waals surface area contributed by atoms with E-state index in [0.29, 0.717) is 13.0 Å². The molecule has 1 heterocycles. The lowest BCUT2D eigenvalue weighted by molar-refractivity contribution is -0.0400. The first-order valence-electron chi connectivity index (χ1n) is 6.29. The van der Waals surface area contributed by atoms with Gasteiger partial charge in [0.2, 0.25) is 0 Å². The molecule has 0 spiro atoms. The molecule has 1 nitrogen and oxygen atoms in total. The smallest absolute Gasteiger partial charge is 0.252 e. The maximum Gasteiger partial charge on any atom is 0.252 e. The molecule has 1 saturated carbocycles. The van der Waals surface area contributed by atoms with Crippen molar-refractivity contribution in [1.82, 2.24) is 4.90 Å². The highest BCUT2D eigenvalue weighted by atomic mass is 19.3. The summed E-state index contributed by atoms with van der Waals surface area (Å²) < 4.78 is 27.2. The van der Waals surface area contributed by atoms with Crippen molar-refractivity contribution in [2.24, 2.45) is 11.8 Å². The van der Waals surface area contributed by atoms with E-state index in [1.165, 1.54) is 5.56 Å². The lowest BCUT2D eigenvalue weighted by Crippen LogP contribution is -2.28. The Labute approximate surface area is 100 Å². The van der Waals surface area contributed by atoms with E-state index in [-0.39, 0.29) is 12.3 Å². The minimum atomic E-state index is -2.42. The number of hydrogen-bond acceptors (Lipinski definition) is 1. The second-order valence-electron chi connectivity index (χ2n) is 5.35. The van der Waals surface area contributed by atoms with Crippen molar-refractivity contribution in [3.8, 4) is 0 Å². The van der Waals surface area contributed by atoms with Crippen LogP contribution in [-0.4, -0.2) is 23.9 Å². The Balaban J connectivity index is 1.66. The first-order valence-corrected chi connectivity index (χ1v) is 6.29. The monoisotopic (exact) mass is 237 g/mol. The summed E-state index contributed by atoms with van der Waals surface area (Å²) in [7, 11) is 0. The molecule has 1 aromatic carbocycles. The number of nitrogens with zero attached hydrogens (tertiary/aromatic N) is 1. The number of benzene rings is 1. The third-order valence-corrected chi connectivity index (χ3v) is 4.16. The highest BCUT2D eigenvalue weighted by Crippen LogP contribution is 2.48. The average Bonchev–Trinajstić information content (AvgIpc) is 2.82. The van der Waals surface area contributed by atoms with Crippen molar-refractivity contribution in [2.45, 2.75) is 25.3 Å². The number of alkyl halides is 2. The molecular formula is C14H17F2N. The van der Waals surface area contributed by atoms with Crippen LogP contribution in [0.1, 0.15) is 18.4 Å². The minimum absolute atomic E-state index is 0.0987. The van der Waals surface area contributed by atoms with E-state index >= 15 is 0 Å². The molecule has 1 saturated heterocycles. The van der Waals surface area contributed by atoms with E-state index in [0.717, 1.165) is 13.1 Å². The van der Waals surface area contributed by atoms with E-state index in [2.05, 4.69) is 17.0 Å². The van der Waals surface area contributed by atoms with Crippen molar-refractivity contribution in [1.29, 1.82) is 0 Å². The topological polar surface area (TPSA) is 3.24 Å². The Morgan fingerprint density at radius 2 is 1.94 bits per heavy atom. The normalized spacial score (nSPS) is 31.6. The zero-order valence-electron chi connectivity index (χ0n) is 9.78. The first-order chi connectivity index (χ1) is 8.15. The van der Waals surface area contributed by atoms with Gasteiger partial charge in [0.05, 0.1) is 0 Å². The van der Waals surface area contributed by atoms with Crippen molar-refractivity contribution in [3.05, 3.63) is 35.9 Å². The van der Waals surface area contributed by atoms with Crippen LogP contribution in [-0.2, 0) is 6.54 Å². The molecule has 0 unspecified atom stereocenters. The Kier molecular flexibility index (Phi) is 2.66. The Bertz CT molecular complexity index is 390. The van der Waals surface area contributed by atoms with Gasteiger partial charge in [-0.1, -0.05) is 30.3 Å². The average molecular weight is 237 g/mol. The maximum absolute atomic E-state index is 13.6. The number of fused-ring (bicyclic) bond motifs is 1. The second kappa shape index (κ2) is 4.05. The summed E-state index contributed by atoms with van der Waals surface area (Å²) in [5.41, 5.74) is 1.22. The van der Waals surface area contributed by atoms with E-state index < -0.39 is 11.8 Å². The summed E-state index contributed by atoms with van der Waals surface area (Å²) in [5, 5.41) is 0. The maximum atomic E-state index is 13.6. The lowest BCUT2D eigenvalue weighted by Gasteiger charge is -2.20. The summed E-state index contributed by atoms with van der Waals surface area (Å²) >= 11 is 0. The van der Waals surface area contributed by atoms with E-state index in [4.69, 9.17) is 0 Å². The summed E-state index contributed by atoms with van der Waals surface area (Å²) in [6.45, 7) is 2.21. The van der Waals surface area contributed by atoms with Crippen LogP contribution in [0, 0.1) is 11.8 Å². The quantitative estimate of drug-likeness (QED) is 0.763. The molecule has 17 heavy (non-hydrogen) atoms. The standard InChI is InChI=1S/C14H17F2N/c15-14(16)7-6-12-9-17(10-13(12)14)8-11-4-2-1-3-5-11/h1-5,12-13H,6-10H2/t12-,13+/m1/s1. The van der Waals surface area contributed by atoms with Gasteiger partial charge in [0, 0.05) is 32.0 Å². The van der Waals surface area contributed by atoms with Crippen LogP contribution in [0.25, 0.3) is 0 Å². The van der Waals surface area contributed by atoms with E-state index in [1.54, 1.807) is 0 Å². The number of hydrogen-bond donors (Lipinski definition) is 0. The van der Waals surface area contributed by atoms with Crippen LogP contribution in [0.2, 0.25) is 0 Å². The molecule has 0 amide bonds. The molecule has 2 aliphatic rings. The molecule has 0 radical (unpaired) electrons. The third-order valence-electron chi connectivity index (χ3n) is 4.16.